The molecular formula is C12H17N3O4S. The first kappa shape index (κ1) is 16.4. The minimum Gasteiger partial charge on any atom is -0.468 e. The van der Waals surface area contributed by atoms with Crippen LogP contribution in [0.2, 0.25) is 0 Å². The molecule has 1 heterocycles. The first-order valence-electron chi connectivity index (χ1n) is 5.89. The van der Waals surface area contributed by atoms with Gasteiger partial charge in [-0.2, -0.15) is 11.8 Å². The number of hydrogen-bond acceptors (Lipinski definition) is 7. The average molecular weight is 299 g/mol. The van der Waals surface area contributed by atoms with Crippen LogP contribution in [0.25, 0.3) is 0 Å². The van der Waals surface area contributed by atoms with E-state index in [1.54, 1.807) is 13.8 Å². The van der Waals surface area contributed by atoms with Gasteiger partial charge in [0.05, 0.1) is 17.7 Å². The molecule has 110 valence electrons. The van der Waals surface area contributed by atoms with Crippen LogP contribution in [0.5, 0.6) is 0 Å². The Hall–Kier alpha value is -1.67. The number of hydrogen-bond donors (Lipinski definition) is 1. The van der Waals surface area contributed by atoms with Crippen molar-refractivity contribution in [2.24, 2.45) is 5.73 Å². The number of pyridine rings is 1. The van der Waals surface area contributed by atoms with Gasteiger partial charge in [0.25, 0.3) is 5.69 Å². The maximum atomic E-state index is 11.1. The largest absolute Gasteiger partial charge is 0.468 e. The van der Waals surface area contributed by atoms with Gasteiger partial charge in [-0.1, -0.05) is 0 Å². The third kappa shape index (κ3) is 3.91. The summed E-state index contributed by atoms with van der Waals surface area (Å²) < 4.78 is 4.52. The van der Waals surface area contributed by atoms with Crippen LogP contribution in [0.3, 0.4) is 0 Å². The highest BCUT2D eigenvalue weighted by Crippen LogP contribution is 2.26. The zero-order valence-electron chi connectivity index (χ0n) is 11.6. The van der Waals surface area contributed by atoms with E-state index in [1.807, 2.05) is 0 Å². The minimum absolute atomic E-state index is 0.0906. The van der Waals surface area contributed by atoms with Crippen LogP contribution in [-0.4, -0.2) is 34.8 Å². The molecule has 0 bridgehead atoms. The number of aromatic nitrogens is 1. The number of carbonyl (C=O) groups is 1. The lowest BCUT2D eigenvalue weighted by Crippen LogP contribution is -2.33. The molecule has 1 aromatic heterocycles. The van der Waals surface area contributed by atoms with Crippen LogP contribution in [0.1, 0.15) is 16.8 Å². The second-order valence-electron chi connectivity index (χ2n) is 4.26. The second kappa shape index (κ2) is 7.20. The third-order valence-electron chi connectivity index (χ3n) is 2.80. The van der Waals surface area contributed by atoms with Gasteiger partial charge in [-0.3, -0.25) is 19.9 Å². The summed E-state index contributed by atoms with van der Waals surface area (Å²) in [6.07, 6.45) is 1.49. The Morgan fingerprint density at radius 3 is 2.80 bits per heavy atom. The molecule has 1 rings (SSSR count). The van der Waals surface area contributed by atoms with Gasteiger partial charge in [-0.25, -0.2) is 0 Å². The van der Waals surface area contributed by atoms with Gasteiger partial charge in [-0.05, 0) is 13.8 Å². The van der Waals surface area contributed by atoms with Crippen molar-refractivity contribution in [1.82, 2.24) is 4.98 Å². The van der Waals surface area contributed by atoms with Crippen molar-refractivity contribution < 1.29 is 14.5 Å². The highest BCUT2D eigenvalue weighted by atomic mass is 32.2. The standard InChI is InChI=1S/C12H17N3O4S/c1-7-4-14-10(8(2)11(7)15(17)18)6-20-5-9(13)12(16)19-3/h4,9H,5-6,13H2,1-3H3. The molecule has 20 heavy (non-hydrogen) atoms. The molecule has 1 unspecified atom stereocenters. The van der Waals surface area contributed by atoms with E-state index in [-0.39, 0.29) is 5.69 Å². The van der Waals surface area contributed by atoms with E-state index in [9.17, 15) is 14.9 Å². The van der Waals surface area contributed by atoms with Gasteiger partial charge in [0.1, 0.15) is 6.04 Å². The van der Waals surface area contributed by atoms with Crippen LogP contribution in [0.15, 0.2) is 6.20 Å². The predicted octanol–water partition coefficient (Wildman–Crippen LogP) is 1.34. The maximum Gasteiger partial charge on any atom is 0.323 e. The van der Waals surface area contributed by atoms with Gasteiger partial charge < -0.3 is 10.5 Å². The molecule has 1 atom stereocenters. The summed E-state index contributed by atoms with van der Waals surface area (Å²) in [6, 6.07) is -0.703. The fraction of sp³-hybridized carbons (Fsp3) is 0.500. The van der Waals surface area contributed by atoms with Gasteiger partial charge in [0.15, 0.2) is 0 Å². The molecule has 0 aliphatic heterocycles. The lowest BCUT2D eigenvalue weighted by atomic mass is 10.1. The Bertz CT molecular complexity index is 522. The first-order chi connectivity index (χ1) is 9.38. The molecule has 8 heteroatoms. The summed E-state index contributed by atoms with van der Waals surface area (Å²) in [7, 11) is 1.28. The Labute approximate surface area is 121 Å². The number of nitrogens with two attached hydrogens (primary N) is 1. The van der Waals surface area contributed by atoms with Crippen LogP contribution in [-0.2, 0) is 15.3 Å². The van der Waals surface area contributed by atoms with Crippen molar-refractivity contribution in [3.63, 3.8) is 0 Å². The zero-order chi connectivity index (χ0) is 15.3. The molecule has 0 saturated heterocycles. The van der Waals surface area contributed by atoms with Crippen LogP contribution in [0, 0.1) is 24.0 Å². The molecule has 0 aliphatic rings. The van der Waals surface area contributed by atoms with Crippen molar-refractivity contribution in [1.29, 1.82) is 0 Å². The Kier molecular flexibility index (Phi) is 5.90. The van der Waals surface area contributed by atoms with E-state index in [2.05, 4.69) is 9.72 Å². The lowest BCUT2D eigenvalue weighted by molar-refractivity contribution is -0.386. The molecule has 0 aromatic carbocycles. The van der Waals surface area contributed by atoms with Crippen molar-refractivity contribution in [2.75, 3.05) is 12.9 Å². The number of aryl methyl sites for hydroxylation is 1. The number of carbonyl (C=O) groups excluding carboxylic acids is 1. The zero-order valence-corrected chi connectivity index (χ0v) is 12.4. The highest BCUT2D eigenvalue weighted by molar-refractivity contribution is 7.98. The molecule has 0 fully saturated rings. The molecule has 0 aliphatic carbocycles. The predicted molar refractivity (Wildman–Crippen MR) is 76.5 cm³/mol. The van der Waals surface area contributed by atoms with E-state index in [4.69, 9.17) is 5.73 Å². The summed E-state index contributed by atoms with van der Waals surface area (Å²) in [5.74, 6) is 0.352. The van der Waals surface area contributed by atoms with Gasteiger partial charge in [-0.15, -0.1) is 0 Å². The number of esters is 1. The van der Waals surface area contributed by atoms with Crippen LogP contribution < -0.4 is 5.73 Å². The quantitative estimate of drug-likeness (QED) is 0.479. The van der Waals surface area contributed by atoms with E-state index >= 15 is 0 Å². The van der Waals surface area contributed by atoms with Crippen molar-refractivity contribution in [3.8, 4) is 0 Å². The number of methoxy groups -OCH3 is 1. The van der Waals surface area contributed by atoms with Gasteiger partial charge >= 0.3 is 5.97 Å². The van der Waals surface area contributed by atoms with Crippen molar-refractivity contribution in [2.45, 2.75) is 25.6 Å². The molecule has 2 N–H and O–H groups in total. The lowest BCUT2D eigenvalue weighted by Gasteiger charge is -2.10. The fourth-order valence-electron chi connectivity index (χ4n) is 1.69. The summed E-state index contributed by atoms with van der Waals surface area (Å²) >= 11 is 1.39. The summed E-state index contributed by atoms with van der Waals surface area (Å²) in [6.45, 7) is 3.33. The number of rotatable bonds is 6. The van der Waals surface area contributed by atoms with E-state index in [0.717, 1.165) is 0 Å². The average Bonchev–Trinajstić information content (AvgIpc) is 2.39. The summed E-state index contributed by atoms with van der Waals surface area (Å²) in [5, 5.41) is 11.0. The molecule has 0 amide bonds. The Balaban J connectivity index is 2.73. The summed E-state index contributed by atoms with van der Waals surface area (Å²) in [4.78, 5) is 25.9. The summed E-state index contributed by atoms with van der Waals surface area (Å²) in [5.41, 5.74) is 7.41. The number of nitro groups is 1. The molecule has 0 spiro atoms. The molecule has 7 nitrogen and oxygen atoms in total. The molecule has 0 saturated carbocycles. The van der Waals surface area contributed by atoms with Crippen molar-refractivity contribution in [3.05, 3.63) is 33.1 Å². The van der Waals surface area contributed by atoms with E-state index < -0.39 is 16.9 Å². The topological polar surface area (TPSA) is 108 Å². The van der Waals surface area contributed by atoms with Crippen LogP contribution >= 0.6 is 11.8 Å². The minimum atomic E-state index is -0.703. The number of nitrogens with zero attached hydrogens (tertiary/aromatic N) is 2. The third-order valence-corrected chi connectivity index (χ3v) is 3.87. The Morgan fingerprint density at radius 1 is 1.60 bits per heavy atom. The van der Waals surface area contributed by atoms with Gasteiger partial charge in [0.2, 0.25) is 0 Å². The molecule has 1 aromatic rings. The first-order valence-corrected chi connectivity index (χ1v) is 7.04. The van der Waals surface area contributed by atoms with E-state index in [0.29, 0.717) is 28.3 Å². The fourth-order valence-corrected chi connectivity index (χ4v) is 2.69. The van der Waals surface area contributed by atoms with E-state index in [1.165, 1.54) is 25.1 Å². The number of ether oxygens (including phenoxy) is 1. The SMILES string of the molecule is COC(=O)C(N)CSCc1ncc(C)c([N+](=O)[O-])c1C. The highest BCUT2D eigenvalue weighted by Gasteiger charge is 2.19. The Morgan fingerprint density at radius 2 is 2.25 bits per heavy atom. The van der Waals surface area contributed by atoms with Crippen molar-refractivity contribution >= 4 is 23.4 Å². The van der Waals surface area contributed by atoms with Gasteiger partial charge in [0, 0.05) is 28.8 Å². The number of thioether (sulfide) groups is 1. The monoisotopic (exact) mass is 299 g/mol. The smallest absolute Gasteiger partial charge is 0.323 e. The second-order valence-corrected chi connectivity index (χ2v) is 5.29. The normalized spacial score (nSPS) is 12.0. The molecular weight excluding hydrogens is 282 g/mol. The maximum absolute atomic E-state index is 11.1. The van der Waals surface area contributed by atoms with Crippen LogP contribution in [0.4, 0.5) is 5.69 Å². The molecule has 0 radical (unpaired) electrons.